The number of benzene rings is 2. The fourth-order valence-corrected chi connectivity index (χ4v) is 6.04. The Balaban J connectivity index is 2.12. The first kappa shape index (κ1) is 23.7. The van der Waals surface area contributed by atoms with Gasteiger partial charge in [0, 0.05) is 11.4 Å². The highest BCUT2D eigenvalue weighted by molar-refractivity contribution is 5.68. The van der Waals surface area contributed by atoms with Gasteiger partial charge in [0.2, 0.25) is 0 Å². The van der Waals surface area contributed by atoms with Crippen molar-refractivity contribution in [1.29, 1.82) is 0 Å². The Morgan fingerprint density at radius 1 is 0.613 bits per heavy atom. The van der Waals surface area contributed by atoms with Gasteiger partial charge in [-0.25, -0.2) is 0 Å². The van der Waals surface area contributed by atoms with Crippen LogP contribution in [-0.4, -0.2) is 18.8 Å². The molecule has 0 aliphatic carbocycles. The number of aryl methyl sites for hydroxylation is 6. The van der Waals surface area contributed by atoms with E-state index in [1.165, 1.54) is 83.3 Å². The number of hydrogen-bond donors (Lipinski definition) is 0. The van der Waals surface area contributed by atoms with E-state index in [-0.39, 0.29) is 0 Å². The molecule has 2 aromatic rings. The first-order valence-corrected chi connectivity index (χ1v) is 12.5. The van der Waals surface area contributed by atoms with E-state index in [2.05, 4.69) is 89.5 Å². The van der Waals surface area contributed by atoms with Crippen LogP contribution in [0.4, 0.5) is 11.4 Å². The Morgan fingerprint density at radius 3 is 1.23 bits per heavy atom. The molecule has 3 rings (SSSR count). The highest BCUT2D eigenvalue weighted by Gasteiger charge is 2.41. The van der Waals surface area contributed by atoms with Crippen LogP contribution < -0.4 is 9.80 Å². The minimum Gasteiger partial charge on any atom is -0.348 e. The summed E-state index contributed by atoms with van der Waals surface area (Å²) in [6.45, 7) is 19.3. The van der Waals surface area contributed by atoms with E-state index >= 15 is 0 Å². The number of rotatable bonds is 8. The highest BCUT2D eigenvalue weighted by Crippen LogP contribution is 2.41. The normalized spacial score (nSPS) is 18.8. The third-order valence-corrected chi connectivity index (χ3v) is 7.10. The van der Waals surface area contributed by atoms with Gasteiger partial charge in [-0.1, -0.05) is 74.9 Å². The van der Waals surface area contributed by atoms with Gasteiger partial charge in [-0.2, -0.15) is 0 Å². The third-order valence-electron chi connectivity index (χ3n) is 7.10. The number of nitrogens with zero attached hydrogens (tertiary/aromatic N) is 2. The van der Waals surface area contributed by atoms with E-state index in [0.29, 0.717) is 12.1 Å². The van der Waals surface area contributed by atoms with E-state index in [1.807, 2.05) is 0 Å². The zero-order valence-electron chi connectivity index (χ0n) is 21.3. The summed E-state index contributed by atoms with van der Waals surface area (Å²) in [5.41, 5.74) is 11.4. The maximum atomic E-state index is 2.76. The van der Waals surface area contributed by atoms with Gasteiger partial charge in [-0.15, -0.1) is 0 Å². The van der Waals surface area contributed by atoms with Crippen molar-refractivity contribution < 1.29 is 0 Å². The largest absolute Gasteiger partial charge is 0.348 e. The summed E-state index contributed by atoms with van der Waals surface area (Å²) in [5, 5.41) is 0. The minimum atomic E-state index is 0.576. The topological polar surface area (TPSA) is 6.48 Å². The molecule has 2 nitrogen and oxygen atoms in total. The molecule has 2 atom stereocenters. The maximum Gasteiger partial charge on any atom is 0.0910 e. The van der Waals surface area contributed by atoms with Crippen molar-refractivity contribution in [3.05, 3.63) is 57.6 Å². The summed E-state index contributed by atoms with van der Waals surface area (Å²) < 4.78 is 0. The fraction of sp³-hybridized carbons (Fsp3) is 0.586. The van der Waals surface area contributed by atoms with E-state index < -0.39 is 0 Å². The van der Waals surface area contributed by atoms with Crippen LogP contribution in [0.15, 0.2) is 24.3 Å². The van der Waals surface area contributed by atoms with Gasteiger partial charge in [0.05, 0.1) is 18.8 Å². The molecule has 0 radical (unpaired) electrons. The summed E-state index contributed by atoms with van der Waals surface area (Å²) in [7, 11) is 0. The van der Waals surface area contributed by atoms with Crippen LogP contribution in [0.1, 0.15) is 85.8 Å². The summed E-state index contributed by atoms with van der Waals surface area (Å²) >= 11 is 0. The molecule has 2 heteroatoms. The molecule has 170 valence electrons. The van der Waals surface area contributed by atoms with Gasteiger partial charge in [0.1, 0.15) is 0 Å². The lowest BCUT2D eigenvalue weighted by molar-refractivity contribution is 0.472. The SMILES string of the molecule is CCCCC1C(CCCC)N(c2c(C)cc(C)cc2C)CN1c1c(C)cc(C)cc1C. The molecular weight excluding hydrogens is 376 g/mol. The van der Waals surface area contributed by atoms with Crippen molar-refractivity contribution in [2.45, 2.75) is 106 Å². The molecule has 1 saturated heterocycles. The maximum absolute atomic E-state index is 2.76. The van der Waals surface area contributed by atoms with Gasteiger partial charge in [0.15, 0.2) is 0 Å². The van der Waals surface area contributed by atoms with Gasteiger partial charge in [-0.05, 0) is 76.6 Å². The Kier molecular flexibility index (Phi) is 7.73. The van der Waals surface area contributed by atoms with E-state index in [1.54, 1.807) is 0 Å². The van der Waals surface area contributed by atoms with Crippen molar-refractivity contribution in [2.24, 2.45) is 0 Å². The molecule has 0 amide bonds. The van der Waals surface area contributed by atoms with Crippen LogP contribution in [0.3, 0.4) is 0 Å². The van der Waals surface area contributed by atoms with E-state index in [9.17, 15) is 0 Å². The van der Waals surface area contributed by atoms with Gasteiger partial charge in [0.25, 0.3) is 0 Å². The second-order valence-electron chi connectivity index (χ2n) is 9.99. The van der Waals surface area contributed by atoms with Gasteiger partial charge >= 0.3 is 0 Å². The predicted molar refractivity (Wildman–Crippen MR) is 138 cm³/mol. The average Bonchev–Trinajstić information content (AvgIpc) is 3.00. The quantitative estimate of drug-likeness (QED) is 0.427. The first-order chi connectivity index (χ1) is 14.8. The molecule has 1 aliphatic rings. The molecule has 0 bridgehead atoms. The second-order valence-corrected chi connectivity index (χ2v) is 9.99. The fourth-order valence-electron chi connectivity index (χ4n) is 6.04. The summed E-state index contributed by atoms with van der Waals surface area (Å²) in [6.07, 6.45) is 7.68. The van der Waals surface area contributed by atoms with Gasteiger partial charge < -0.3 is 9.80 Å². The number of hydrogen-bond acceptors (Lipinski definition) is 2. The molecule has 0 spiro atoms. The van der Waals surface area contributed by atoms with Crippen molar-refractivity contribution in [3.8, 4) is 0 Å². The van der Waals surface area contributed by atoms with Crippen molar-refractivity contribution >= 4 is 11.4 Å². The molecule has 31 heavy (non-hydrogen) atoms. The molecule has 1 aliphatic heterocycles. The molecule has 0 saturated carbocycles. The van der Waals surface area contributed by atoms with Crippen molar-refractivity contribution in [2.75, 3.05) is 16.5 Å². The van der Waals surface area contributed by atoms with Crippen LogP contribution in [0.25, 0.3) is 0 Å². The summed E-state index contributed by atoms with van der Waals surface area (Å²) in [6, 6.07) is 10.6. The third kappa shape index (κ3) is 4.94. The lowest BCUT2D eigenvalue weighted by Gasteiger charge is -2.32. The molecule has 0 N–H and O–H groups in total. The molecule has 1 heterocycles. The second kappa shape index (κ2) is 10.1. The van der Waals surface area contributed by atoms with E-state index in [4.69, 9.17) is 0 Å². The minimum absolute atomic E-state index is 0.576. The van der Waals surface area contributed by atoms with Crippen LogP contribution in [0.5, 0.6) is 0 Å². The Morgan fingerprint density at radius 2 is 0.935 bits per heavy atom. The molecule has 1 fully saturated rings. The summed E-state index contributed by atoms with van der Waals surface area (Å²) in [4.78, 5) is 5.53. The van der Waals surface area contributed by atoms with Crippen LogP contribution in [0, 0.1) is 41.5 Å². The lowest BCUT2D eigenvalue weighted by Crippen LogP contribution is -2.38. The number of unbranched alkanes of at least 4 members (excludes halogenated alkanes) is 2. The summed E-state index contributed by atoms with van der Waals surface area (Å²) in [5.74, 6) is 0. The molecule has 0 aromatic heterocycles. The average molecular weight is 421 g/mol. The van der Waals surface area contributed by atoms with E-state index in [0.717, 1.165) is 6.67 Å². The molecule has 2 aromatic carbocycles. The molecular formula is C29H44N2. The Hall–Kier alpha value is -1.96. The van der Waals surface area contributed by atoms with Crippen LogP contribution >= 0.6 is 0 Å². The highest BCUT2D eigenvalue weighted by atomic mass is 15.4. The number of anilines is 2. The Labute approximate surface area is 191 Å². The monoisotopic (exact) mass is 420 g/mol. The standard InChI is InChI=1S/C29H44N2/c1-9-11-13-26-27(14-12-10-2)31(29-24(7)17-21(4)18-25(29)8)19-30(26)28-22(5)15-20(3)16-23(28)6/h15-18,26-27H,9-14,19H2,1-8H3. The lowest BCUT2D eigenvalue weighted by atomic mass is 9.94. The zero-order chi connectivity index (χ0) is 22.7. The van der Waals surface area contributed by atoms with Crippen LogP contribution in [-0.2, 0) is 0 Å². The van der Waals surface area contributed by atoms with Crippen LogP contribution in [0.2, 0.25) is 0 Å². The Bertz CT molecular complexity index is 778. The predicted octanol–water partition coefficient (Wildman–Crippen LogP) is 7.94. The van der Waals surface area contributed by atoms with Crippen molar-refractivity contribution in [3.63, 3.8) is 0 Å². The van der Waals surface area contributed by atoms with Crippen molar-refractivity contribution in [1.82, 2.24) is 0 Å². The smallest absolute Gasteiger partial charge is 0.0910 e. The zero-order valence-corrected chi connectivity index (χ0v) is 21.3. The first-order valence-electron chi connectivity index (χ1n) is 12.5. The van der Waals surface area contributed by atoms with Gasteiger partial charge in [-0.3, -0.25) is 0 Å². The molecule has 2 unspecified atom stereocenters.